The van der Waals surface area contributed by atoms with Crippen LogP contribution in [0.5, 0.6) is 0 Å². The summed E-state index contributed by atoms with van der Waals surface area (Å²) in [5.41, 5.74) is 6.66. The molecule has 0 saturated carbocycles. The minimum absolute atomic E-state index is 0.00178. The van der Waals surface area contributed by atoms with Crippen LogP contribution in [-0.4, -0.2) is 36.9 Å². The molecule has 0 unspecified atom stereocenters. The van der Waals surface area contributed by atoms with Gasteiger partial charge in [-0.25, -0.2) is 0 Å². The lowest BCUT2D eigenvalue weighted by Gasteiger charge is -2.26. The third-order valence-electron chi connectivity index (χ3n) is 3.79. The molecule has 0 bridgehead atoms. The van der Waals surface area contributed by atoms with Crippen molar-refractivity contribution in [2.75, 3.05) is 37.2 Å². The number of nitrogens with two attached hydrogens (primary N) is 1. The SMILES string of the molecule is CCC(=O)c1sc(NCCN2CCCCC2)c(C#N)c1N. The number of hydrogen-bond donors (Lipinski definition) is 2. The molecule has 2 heterocycles. The minimum atomic E-state index is -0.00178. The molecule has 1 aromatic heterocycles. The predicted octanol–water partition coefficient (Wildman–Crippen LogP) is 2.69. The number of hydrogen-bond acceptors (Lipinski definition) is 6. The Labute approximate surface area is 129 Å². The Morgan fingerprint density at radius 1 is 1.43 bits per heavy atom. The quantitative estimate of drug-likeness (QED) is 0.790. The van der Waals surface area contributed by atoms with Gasteiger partial charge >= 0.3 is 0 Å². The van der Waals surface area contributed by atoms with Crippen LogP contribution < -0.4 is 11.1 Å². The molecule has 5 nitrogen and oxygen atoms in total. The summed E-state index contributed by atoms with van der Waals surface area (Å²) in [6.07, 6.45) is 4.27. The van der Waals surface area contributed by atoms with Crippen molar-refractivity contribution >= 4 is 27.8 Å². The summed E-state index contributed by atoms with van der Waals surface area (Å²) in [5, 5.41) is 13.2. The van der Waals surface area contributed by atoms with Gasteiger partial charge in [-0.1, -0.05) is 13.3 Å². The monoisotopic (exact) mass is 306 g/mol. The first-order valence-electron chi connectivity index (χ1n) is 7.49. The maximum Gasteiger partial charge on any atom is 0.174 e. The van der Waals surface area contributed by atoms with Gasteiger partial charge in [-0.05, 0) is 25.9 Å². The molecule has 0 atom stereocenters. The molecule has 2 rings (SSSR count). The summed E-state index contributed by atoms with van der Waals surface area (Å²) in [7, 11) is 0. The van der Waals surface area contributed by atoms with Crippen molar-refractivity contribution in [2.24, 2.45) is 0 Å². The summed E-state index contributed by atoms with van der Waals surface area (Å²) in [6.45, 7) is 5.84. The Balaban J connectivity index is 1.99. The number of piperidine rings is 1. The van der Waals surface area contributed by atoms with Crippen LogP contribution in [0, 0.1) is 11.3 Å². The number of carbonyl (C=O) groups is 1. The van der Waals surface area contributed by atoms with Crippen molar-refractivity contribution in [3.05, 3.63) is 10.4 Å². The summed E-state index contributed by atoms with van der Waals surface area (Å²) in [5.74, 6) is -0.00178. The third-order valence-corrected chi connectivity index (χ3v) is 5.00. The lowest BCUT2D eigenvalue weighted by Crippen LogP contribution is -2.33. The van der Waals surface area contributed by atoms with E-state index in [1.54, 1.807) is 6.92 Å². The maximum atomic E-state index is 11.8. The normalized spacial score (nSPS) is 15.6. The van der Waals surface area contributed by atoms with E-state index in [9.17, 15) is 10.1 Å². The van der Waals surface area contributed by atoms with E-state index in [0.717, 1.165) is 31.2 Å². The van der Waals surface area contributed by atoms with Gasteiger partial charge in [-0.15, -0.1) is 11.3 Å². The molecule has 0 amide bonds. The van der Waals surface area contributed by atoms with E-state index in [-0.39, 0.29) is 5.78 Å². The van der Waals surface area contributed by atoms with Gasteiger partial charge in [0.15, 0.2) is 5.78 Å². The Morgan fingerprint density at radius 2 is 2.14 bits per heavy atom. The number of nitrogens with zero attached hydrogens (tertiary/aromatic N) is 2. The van der Waals surface area contributed by atoms with Crippen LogP contribution in [0.4, 0.5) is 10.7 Å². The zero-order valence-electron chi connectivity index (χ0n) is 12.4. The second kappa shape index (κ2) is 7.43. The summed E-state index contributed by atoms with van der Waals surface area (Å²) in [4.78, 5) is 14.8. The number of anilines is 2. The van der Waals surface area contributed by atoms with Crippen LogP contribution in [0.1, 0.15) is 47.8 Å². The summed E-state index contributed by atoms with van der Waals surface area (Å²) in [6, 6.07) is 2.11. The fourth-order valence-corrected chi connectivity index (χ4v) is 3.66. The topological polar surface area (TPSA) is 82.2 Å². The molecular formula is C15H22N4OS. The van der Waals surface area contributed by atoms with E-state index >= 15 is 0 Å². The summed E-state index contributed by atoms with van der Waals surface area (Å²) >= 11 is 1.30. The number of nitrogen functional groups attached to an aromatic ring is 1. The molecule has 1 aliphatic heterocycles. The van der Waals surface area contributed by atoms with E-state index in [4.69, 9.17) is 5.73 Å². The molecule has 3 N–H and O–H groups in total. The van der Waals surface area contributed by atoms with E-state index < -0.39 is 0 Å². The molecule has 0 aliphatic carbocycles. The molecule has 1 aliphatic rings. The molecule has 6 heteroatoms. The third kappa shape index (κ3) is 3.74. The van der Waals surface area contributed by atoms with Gasteiger partial charge < -0.3 is 16.0 Å². The van der Waals surface area contributed by atoms with Gasteiger partial charge in [-0.2, -0.15) is 5.26 Å². The fourth-order valence-electron chi connectivity index (χ4n) is 2.56. The Bertz CT molecular complexity index is 541. The zero-order chi connectivity index (χ0) is 15.2. The highest BCUT2D eigenvalue weighted by atomic mass is 32.1. The van der Waals surface area contributed by atoms with Crippen molar-refractivity contribution in [2.45, 2.75) is 32.6 Å². The molecule has 0 aromatic carbocycles. The first-order valence-corrected chi connectivity index (χ1v) is 8.30. The van der Waals surface area contributed by atoms with Crippen LogP contribution in [0.15, 0.2) is 0 Å². The highest BCUT2D eigenvalue weighted by Crippen LogP contribution is 2.35. The number of carbonyl (C=O) groups excluding carboxylic acids is 1. The first kappa shape index (κ1) is 15.8. The molecule has 21 heavy (non-hydrogen) atoms. The lowest BCUT2D eigenvalue weighted by atomic mass is 10.1. The lowest BCUT2D eigenvalue weighted by molar-refractivity contribution is 0.0993. The van der Waals surface area contributed by atoms with E-state index in [1.165, 1.54) is 30.6 Å². The average Bonchev–Trinajstić information content (AvgIpc) is 2.83. The molecule has 0 radical (unpaired) electrons. The van der Waals surface area contributed by atoms with Crippen LogP contribution in [0.25, 0.3) is 0 Å². The molecule has 1 saturated heterocycles. The van der Waals surface area contributed by atoms with Crippen LogP contribution in [-0.2, 0) is 0 Å². The van der Waals surface area contributed by atoms with Crippen LogP contribution in [0.2, 0.25) is 0 Å². The standard InChI is InChI=1S/C15H22N4OS/c1-2-12(20)14-13(17)11(10-16)15(21-14)18-6-9-19-7-4-3-5-8-19/h18H,2-9,17H2,1H3. The smallest absolute Gasteiger partial charge is 0.174 e. The number of nitrogens with one attached hydrogen (secondary N) is 1. The second-order valence-electron chi connectivity index (χ2n) is 5.27. The van der Waals surface area contributed by atoms with E-state index in [1.807, 2.05) is 0 Å². The zero-order valence-corrected chi connectivity index (χ0v) is 13.3. The average molecular weight is 306 g/mol. The number of nitriles is 1. The minimum Gasteiger partial charge on any atom is -0.396 e. The highest BCUT2D eigenvalue weighted by Gasteiger charge is 2.20. The van der Waals surface area contributed by atoms with E-state index in [0.29, 0.717) is 22.5 Å². The number of ketones is 1. The van der Waals surface area contributed by atoms with E-state index in [2.05, 4.69) is 16.3 Å². The Morgan fingerprint density at radius 3 is 2.76 bits per heavy atom. The van der Waals surface area contributed by atoms with Gasteiger partial charge in [-0.3, -0.25) is 4.79 Å². The number of thiophene rings is 1. The highest BCUT2D eigenvalue weighted by molar-refractivity contribution is 7.19. The Hall–Kier alpha value is -1.58. The van der Waals surface area contributed by atoms with Gasteiger partial charge in [0.1, 0.15) is 16.6 Å². The van der Waals surface area contributed by atoms with Crippen molar-refractivity contribution in [1.29, 1.82) is 5.26 Å². The first-order chi connectivity index (χ1) is 10.2. The predicted molar refractivity (Wildman–Crippen MR) is 86.8 cm³/mol. The number of rotatable bonds is 6. The van der Waals surface area contributed by atoms with Gasteiger partial charge in [0.05, 0.1) is 10.6 Å². The molecule has 1 fully saturated rings. The summed E-state index contributed by atoms with van der Waals surface area (Å²) < 4.78 is 0. The van der Waals surface area contributed by atoms with Crippen LogP contribution >= 0.6 is 11.3 Å². The maximum absolute atomic E-state index is 11.8. The van der Waals surface area contributed by atoms with Crippen LogP contribution in [0.3, 0.4) is 0 Å². The van der Waals surface area contributed by atoms with Crippen molar-refractivity contribution in [3.8, 4) is 6.07 Å². The number of likely N-dealkylation sites (tertiary alicyclic amines) is 1. The second-order valence-corrected chi connectivity index (χ2v) is 6.29. The molecule has 1 aromatic rings. The van der Waals surface area contributed by atoms with Gasteiger partial charge in [0, 0.05) is 19.5 Å². The molecule has 0 spiro atoms. The Kier molecular flexibility index (Phi) is 5.59. The van der Waals surface area contributed by atoms with Crippen molar-refractivity contribution in [1.82, 2.24) is 4.90 Å². The van der Waals surface area contributed by atoms with Crippen molar-refractivity contribution in [3.63, 3.8) is 0 Å². The van der Waals surface area contributed by atoms with Gasteiger partial charge in [0.2, 0.25) is 0 Å². The van der Waals surface area contributed by atoms with Gasteiger partial charge in [0.25, 0.3) is 0 Å². The molecule has 114 valence electrons. The molecular weight excluding hydrogens is 284 g/mol. The van der Waals surface area contributed by atoms with Crippen molar-refractivity contribution < 1.29 is 4.79 Å². The fraction of sp³-hybridized carbons (Fsp3) is 0.600. The number of Topliss-reactive ketones (excluding diaryl/α,β-unsaturated/α-hetero) is 1. The largest absolute Gasteiger partial charge is 0.396 e.